The Balaban J connectivity index is 1.50. The first-order valence-corrected chi connectivity index (χ1v) is 7.44. The molecule has 2 aromatic rings. The second-order valence-corrected chi connectivity index (χ2v) is 5.87. The molecule has 0 bridgehead atoms. The van der Waals surface area contributed by atoms with Gasteiger partial charge in [-0.1, -0.05) is 30.3 Å². The van der Waals surface area contributed by atoms with Crippen LogP contribution in [0.15, 0.2) is 42.5 Å². The van der Waals surface area contributed by atoms with E-state index in [0.29, 0.717) is 6.04 Å². The zero-order valence-corrected chi connectivity index (χ0v) is 12.3. The highest BCUT2D eigenvalue weighted by Crippen LogP contribution is 2.38. The molecule has 0 aliphatic heterocycles. The van der Waals surface area contributed by atoms with Crippen LogP contribution in [0.1, 0.15) is 41.3 Å². The molecule has 1 aromatic heterocycles. The van der Waals surface area contributed by atoms with Crippen LogP contribution in [-0.4, -0.2) is 11.0 Å². The molecule has 1 N–H and O–H groups in total. The van der Waals surface area contributed by atoms with Crippen molar-refractivity contribution in [2.24, 2.45) is 0 Å². The second kappa shape index (κ2) is 5.76. The van der Waals surface area contributed by atoms with E-state index in [9.17, 15) is 0 Å². The topological polar surface area (TPSA) is 24.9 Å². The minimum atomic E-state index is 0.641. The largest absolute Gasteiger partial charge is 0.308 e. The van der Waals surface area contributed by atoms with Gasteiger partial charge in [-0.2, -0.15) is 0 Å². The second-order valence-electron chi connectivity index (χ2n) is 5.87. The molecule has 2 nitrogen and oxygen atoms in total. The molecule has 0 saturated heterocycles. The molecule has 104 valence electrons. The molecule has 0 atom stereocenters. The Morgan fingerprint density at radius 1 is 1.05 bits per heavy atom. The number of pyridine rings is 1. The van der Waals surface area contributed by atoms with E-state index in [0.717, 1.165) is 23.9 Å². The van der Waals surface area contributed by atoms with Crippen LogP contribution >= 0.6 is 0 Å². The molecule has 1 aliphatic rings. The predicted octanol–water partition coefficient (Wildman–Crippen LogP) is 3.73. The number of hydrogen-bond donors (Lipinski definition) is 1. The molecular weight excluding hydrogens is 244 g/mol. The molecule has 0 amide bonds. The third kappa shape index (κ3) is 2.91. The summed E-state index contributed by atoms with van der Waals surface area (Å²) in [6.07, 6.45) is 2.49. The molecule has 0 radical (unpaired) electrons. The van der Waals surface area contributed by atoms with Crippen molar-refractivity contribution >= 4 is 0 Å². The van der Waals surface area contributed by atoms with Gasteiger partial charge in [-0.05, 0) is 55.9 Å². The molecule has 1 fully saturated rings. The van der Waals surface area contributed by atoms with E-state index in [1.54, 1.807) is 0 Å². The van der Waals surface area contributed by atoms with Crippen molar-refractivity contribution in [1.82, 2.24) is 10.3 Å². The van der Waals surface area contributed by atoms with Crippen LogP contribution in [0.2, 0.25) is 0 Å². The summed E-state index contributed by atoms with van der Waals surface area (Å²) in [5, 5.41) is 3.62. The highest BCUT2D eigenvalue weighted by molar-refractivity contribution is 5.31. The Hall–Kier alpha value is -1.67. The number of aryl methyl sites for hydroxylation is 2. The molecule has 1 heterocycles. The number of nitrogens with zero attached hydrogens (tertiary/aromatic N) is 1. The molecule has 1 aliphatic carbocycles. The van der Waals surface area contributed by atoms with Crippen molar-refractivity contribution in [3.05, 3.63) is 65.0 Å². The Kier molecular flexibility index (Phi) is 3.83. The van der Waals surface area contributed by atoms with Gasteiger partial charge in [0.2, 0.25) is 0 Å². The fourth-order valence-electron chi connectivity index (χ4n) is 3.03. The molecule has 20 heavy (non-hydrogen) atoms. The third-order valence-electron chi connectivity index (χ3n) is 4.28. The van der Waals surface area contributed by atoms with Crippen molar-refractivity contribution < 1.29 is 0 Å². The zero-order valence-electron chi connectivity index (χ0n) is 12.3. The maximum Gasteiger partial charge on any atom is 0.0544 e. The predicted molar refractivity (Wildman–Crippen MR) is 82.8 cm³/mol. The van der Waals surface area contributed by atoms with Gasteiger partial charge in [-0.3, -0.25) is 4.98 Å². The first kappa shape index (κ1) is 13.3. The summed E-state index contributed by atoms with van der Waals surface area (Å²) >= 11 is 0. The molecule has 0 spiro atoms. The van der Waals surface area contributed by atoms with Crippen molar-refractivity contribution in [3.8, 4) is 0 Å². The van der Waals surface area contributed by atoms with Gasteiger partial charge >= 0.3 is 0 Å². The molecule has 0 unspecified atom stereocenters. The van der Waals surface area contributed by atoms with Crippen LogP contribution < -0.4 is 5.32 Å². The van der Waals surface area contributed by atoms with Crippen molar-refractivity contribution in [2.75, 3.05) is 0 Å². The van der Waals surface area contributed by atoms with Gasteiger partial charge in [0, 0.05) is 18.3 Å². The first-order chi connectivity index (χ1) is 9.72. The molecule has 1 aromatic carbocycles. The van der Waals surface area contributed by atoms with Gasteiger partial charge in [-0.15, -0.1) is 0 Å². The highest BCUT2D eigenvalue weighted by Gasteiger charge is 2.30. The van der Waals surface area contributed by atoms with Crippen LogP contribution in [-0.2, 0) is 6.54 Å². The molecule has 2 heteroatoms. The highest BCUT2D eigenvalue weighted by atomic mass is 14.9. The first-order valence-electron chi connectivity index (χ1n) is 7.44. The maximum atomic E-state index is 4.53. The van der Waals surface area contributed by atoms with E-state index >= 15 is 0 Å². The van der Waals surface area contributed by atoms with E-state index in [1.807, 2.05) is 13.0 Å². The average Bonchev–Trinajstić information content (AvgIpc) is 2.39. The number of hydrogen-bond acceptors (Lipinski definition) is 2. The van der Waals surface area contributed by atoms with Crippen molar-refractivity contribution in [3.63, 3.8) is 0 Å². The van der Waals surface area contributed by atoms with E-state index < -0.39 is 0 Å². The van der Waals surface area contributed by atoms with Crippen LogP contribution in [0.5, 0.6) is 0 Å². The number of rotatable bonds is 4. The van der Waals surface area contributed by atoms with Gasteiger partial charge in [0.15, 0.2) is 0 Å². The quantitative estimate of drug-likeness (QED) is 0.912. The maximum absolute atomic E-state index is 4.53. The monoisotopic (exact) mass is 266 g/mol. The lowest BCUT2D eigenvalue weighted by atomic mass is 9.74. The van der Waals surface area contributed by atoms with E-state index in [-0.39, 0.29) is 0 Å². The van der Waals surface area contributed by atoms with E-state index in [4.69, 9.17) is 0 Å². The normalized spacial score (nSPS) is 21.5. The SMILES string of the molecule is Cc1cccc(CNC2CC(c3ccccc3C)C2)n1. The minimum absolute atomic E-state index is 0.641. The summed E-state index contributed by atoms with van der Waals surface area (Å²) in [6.45, 7) is 5.14. The van der Waals surface area contributed by atoms with Gasteiger partial charge in [0.25, 0.3) is 0 Å². The van der Waals surface area contributed by atoms with Crippen LogP contribution in [0.4, 0.5) is 0 Å². The zero-order chi connectivity index (χ0) is 13.9. The van der Waals surface area contributed by atoms with Crippen LogP contribution in [0.25, 0.3) is 0 Å². The summed E-state index contributed by atoms with van der Waals surface area (Å²) in [5.74, 6) is 0.735. The van der Waals surface area contributed by atoms with Gasteiger partial charge < -0.3 is 5.32 Å². The van der Waals surface area contributed by atoms with Crippen LogP contribution in [0, 0.1) is 13.8 Å². The number of benzene rings is 1. The van der Waals surface area contributed by atoms with Crippen LogP contribution in [0.3, 0.4) is 0 Å². The molecular formula is C18H22N2. The summed E-state index contributed by atoms with van der Waals surface area (Å²) in [5.41, 5.74) is 5.19. The number of nitrogens with one attached hydrogen (secondary N) is 1. The van der Waals surface area contributed by atoms with Gasteiger partial charge in [0.05, 0.1) is 5.69 Å². The lowest BCUT2D eigenvalue weighted by Gasteiger charge is -2.37. The van der Waals surface area contributed by atoms with Crippen molar-refractivity contribution in [2.45, 2.75) is 45.2 Å². The Morgan fingerprint density at radius 3 is 2.60 bits per heavy atom. The Labute approximate surface area is 121 Å². The standard InChI is InChI=1S/C18H22N2/c1-13-6-3-4-9-18(13)15-10-17(11-15)19-12-16-8-5-7-14(2)20-16/h3-9,15,17,19H,10-12H2,1-2H3. The van der Waals surface area contributed by atoms with Crippen molar-refractivity contribution in [1.29, 1.82) is 0 Å². The lowest BCUT2D eigenvalue weighted by molar-refractivity contribution is 0.288. The van der Waals surface area contributed by atoms with E-state index in [1.165, 1.54) is 24.0 Å². The average molecular weight is 266 g/mol. The fraction of sp³-hybridized carbons (Fsp3) is 0.389. The lowest BCUT2D eigenvalue weighted by Crippen LogP contribution is -2.40. The minimum Gasteiger partial charge on any atom is -0.308 e. The Bertz CT molecular complexity index is 585. The summed E-state index contributed by atoms with van der Waals surface area (Å²) in [7, 11) is 0. The molecule has 1 saturated carbocycles. The summed E-state index contributed by atoms with van der Waals surface area (Å²) in [4.78, 5) is 4.53. The number of aromatic nitrogens is 1. The molecule has 3 rings (SSSR count). The van der Waals surface area contributed by atoms with Gasteiger partial charge in [-0.25, -0.2) is 0 Å². The van der Waals surface area contributed by atoms with E-state index in [2.05, 4.69) is 53.6 Å². The Morgan fingerprint density at radius 2 is 1.85 bits per heavy atom. The fourth-order valence-corrected chi connectivity index (χ4v) is 3.03. The van der Waals surface area contributed by atoms with Gasteiger partial charge in [0.1, 0.15) is 0 Å². The third-order valence-corrected chi connectivity index (χ3v) is 4.28. The smallest absolute Gasteiger partial charge is 0.0544 e. The summed E-state index contributed by atoms with van der Waals surface area (Å²) in [6, 6.07) is 15.6. The summed E-state index contributed by atoms with van der Waals surface area (Å²) < 4.78 is 0.